The van der Waals surface area contributed by atoms with Gasteiger partial charge in [0.25, 0.3) is 10.1 Å². The normalized spacial score (nSPS) is 35.4. The Morgan fingerprint density at radius 3 is 2.09 bits per heavy atom. The van der Waals surface area contributed by atoms with E-state index in [0.717, 1.165) is 0 Å². The van der Waals surface area contributed by atoms with E-state index in [-0.39, 0.29) is 36.6 Å². The molecule has 11 heteroatoms. The van der Waals surface area contributed by atoms with E-state index in [2.05, 4.69) is 4.74 Å². The molecule has 0 aromatic heterocycles. The molecule has 184 valence electrons. The number of alkyl halides is 3. The third-order valence-corrected chi connectivity index (χ3v) is 8.69. The lowest BCUT2D eigenvalue weighted by Gasteiger charge is -2.62. The fourth-order valence-corrected chi connectivity index (χ4v) is 6.37. The van der Waals surface area contributed by atoms with Crippen LogP contribution in [0.3, 0.4) is 0 Å². The van der Waals surface area contributed by atoms with Crippen LogP contribution in [0.1, 0.15) is 66.2 Å². The minimum atomic E-state index is -5.14. The molecule has 0 aromatic rings. The van der Waals surface area contributed by atoms with Crippen LogP contribution >= 0.6 is 0 Å². The molecule has 3 atom stereocenters. The van der Waals surface area contributed by atoms with Crippen molar-refractivity contribution in [3.8, 4) is 0 Å². The average Bonchev–Trinajstić information content (AvgIpc) is 2.63. The third-order valence-electron chi connectivity index (χ3n) is 7.97. The predicted molar refractivity (Wildman–Crippen MR) is 107 cm³/mol. The quantitative estimate of drug-likeness (QED) is 0.431. The molecule has 1 N–H and O–H groups in total. The van der Waals surface area contributed by atoms with Gasteiger partial charge >= 0.3 is 18.1 Å². The Morgan fingerprint density at radius 1 is 1.12 bits per heavy atom. The fraction of sp³-hybridized carbons (Fsp3) is 0.905. The molecule has 0 heterocycles. The van der Waals surface area contributed by atoms with E-state index in [1.54, 1.807) is 13.8 Å². The summed E-state index contributed by atoms with van der Waals surface area (Å²) in [5, 5.41) is 0. The molecule has 4 bridgehead atoms. The Labute approximate surface area is 186 Å². The second-order valence-corrected chi connectivity index (χ2v) is 12.1. The summed E-state index contributed by atoms with van der Waals surface area (Å²) in [6.45, 7) is 7.31. The molecule has 4 rings (SSSR count). The molecule has 0 spiro atoms. The van der Waals surface area contributed by atoms with E-state index >= 15 is 0 Å². The first-order chi connectivity index (χ1) is 14.4. The highest BCUT2D eigenvalue weighted by Crippen LogP contribution is 2.65. The van der Waals surface area contributed by atoms with Crippen LogP contribution in [0.4, 0.5) is 13.2 Å². The Balaban J connectivity index is 1.81. The lowest BCUT2D eigenvalue weighted by atomic mass is 9.45. The molecule has 3 unspecified atom stereocenters. The Morgan fingerprint density at radius 2 is 1.66 bits per heavy atom. The van der Waals surface area contributed by atoms with Gasteiger partial charge < -0.3 is 9.47 Å². The van der Waals surface area contributed by atoms with Crippen molar-refractivity contribution < 1.29 is 45.2 Å². The molecular weight excluding hydrogens is 453 g/mol. The molecule has 4 saturated carbocycles. The van der Waals surface area contributed by atoms with Crippen molar-refractivity contribution in [1.82, 2.24) is 0 Å². The molecule has 4 aliphatic rings. The first-order valence-electron chi connectivity index (χ1n) is 10.9. The topological polar surface area (TPSA) is 107 Å². The van der Waals surface area contributed by atoms with Crippen molar-refractivity contribution in [3.05, 3.63) is 0 Å². The van der Waals surface area contributed by atoms with Crippen molar-refractivity contribution in [2.75, 3.05) is 5.75 Å². The van der Waals surface area contributed by atoms with E-state index in [9.17, 15) is 31.2 Å². The molecule has 0 radical (unpaired) electrons. The van der Waals surface area contributed by atoms with Crippen LogP contribution in [0.15, 0.2) is 0 Å². The zero-order chi connectivity index (χ0) is 24.3. The number of hydrogen-bond donors (Lipinski definition) is 1. The van der Waals surface area contributed by atoms with Gasteiger partial charge in [-0.25, -0.2) is 0 Å². The van der Waals surface area contributed by atoms with Crippen molar-refractivity contribution in [1.29, 1.82) is 0 Å². The first-order valence-corrected chi connectivity index (χ1v) is 12.5. The van der Waals surface area contributed by atoms with Crippen molar-refractivity contribution in [2.24, 2.45) is 28.6 Å². The van der Waals surface area contributed by atoms with Gasteiger partial charge in [0, 0.05) is 11.8 Å². The highest BCUT2D eigenvalue weighted by atomic mass is 32.2. The molecule has 4 fully saturated rings. The smallest absolute Gasteiger partial charge is 0.426 e. The minimum Gasteiger partial charge on any atom is -0.458 e. The van der Waals surface area contributed by atoms with E-state index in [0.29, 0.717) is 25.7 Å². The Bertz CT molecular complexity index is 864. The highest BCUT2D eigenvalue weighted by molar-refractivity contribution is 7.85. The summed E-state index contributed by atoms with van der Waals surface area (Å²) in [7, 11) is -5.01. The summed E-state index contributed by atoms with van der Waals surface area (Å²) >= 11 is 0. The van der Waals surface area contributed by atoms with Crippen LogP contribution in [-0.4, -0.2) is 48.5 Å². The molecule has 0 aliphatic heterocycles. The molecular formula is C21H31F3O7S. The SMILES string of the molecule is CCC(C)(C)C(=O)OC1(C)C2CC3CC1CC(C(=O)OC(CS(=O)(=O)O)C(F)(F)F)(C3)C2. The summed E-state index contributed by atoms with van der Waals surface area (Å²) in [5.74, 6) is -3.48. The Hall–Kier alpha value is -1.36. The minimum absolute atomic E-state index is 0.0944. The molecule has 0 amide bonds. The van der Waals surface area contributed by atoms with Gasteiger partial charge in [0.1, 0.15) is 11.4 Å². The number of rotatable bonds is 7. The fourth-order valence-electron chi connectivity index (χ4n) is 5.73. The van der Waals surface area contributed by atoms with Crippen LogP contribution in [0.2, 0.25) is 0 Å². The number of hydrogen-bond acceptors (Lipinski definition) is 6. The summed E-state index contributed by atoms with van der Waals surface area (Å²) < 4.78 is 81.5. The van der Waals surface area contributed by atoms with E-state index in [1.165, 1.54) is 0 Å². The number of esters is 2. The van der Waals surface area contributed by atoms with E-state index < -0.39 is 50.6 Å². The van der Waals surface area contributed by atoms with Gasteiger partial charge in [0.15, 0.2) is 0 Å². The lowest BCUT2D eigenvalue weighted by Crippen LogP contribution is -2.64. The maximum atomic E-state index is 13.3. The van der Waals surface area contributed by atoms with Crippen LogP contribution in [0.25, 0.3) is 0 Å². The van der Waals surface area contributed by atoms with Gasteiger partial charge in [0.2, 0.25) is 6.10 Å². The maximum Gasteiger partial charge on any atom is 0.426 e. The van der Waals surface area contributed by atoms with Crippen molar-refractivity contribution >= 4 is 22.1 Å². The van der Waals surface area contributed by atoms with Gasteiger partial charge in [0.05, 0.1) is 10.8 Å². The van der Waals surface area contributed by atoms with Gasteiger partial charge in [-0.3, -0.25) is 14.1 Å². The van der Waals surface area contributed by atoms with Crippen LogP contribution in [-0.2, 0) is 29.2 Å². The zero-order valence-corrected chi connectivity index (χ0v) is 19.5. The second kappa shape index (κ2) is 7.85. The van der Waals surface area contributed by atoms with E-state index in [4.69, 9.17) is 9.29 Å². The van der Waals surface area contributed by atoms with Gasteiger partial charge in [-0.1, -0.05) is 6.92 Å². The predicted octanol–water partition coefficient (Wildman–Crippen LogP) is 3.91. The Kier molecular flexibility index (Phi) is 6.20. The van der Waals surface area contributed by atoms with Crippen LogP contribution in [0, 0.1) is 28.6 Å². The van der Waals surface area contributed by atoms with Gasteiger partial charge in [-0.2, -0.15) is 21.6 Å². The van der Waals surface area contributed by atoms with Crippen molar-refractivity contribution in [2.45, 2.75) is 84.1 Å². The summed E-state index contributed by atoms with van der Waals surface area (Å²) in [6, 6.07) is 0. The largest absolute Gasteiger partial charge is 0.458 e. The van der Waals surface area contributed by atoms with Crippen LogP contribution in [0.5, 0.6) is 0 Å². The zero-order valence-electron chi connectivity index (χ0n) is 18.7. The third kappa shape index (κ3) is 4.64. The number of ether oxygens (including phenoxy) is 2. The molecule has 0 aromatic carbocycles. The number of halogens is 3. The maximum absolute atomic E-state index is 13.3. The lowest BCUT2D eigenvalue weighted by molar-refractivity contribution is -0.244. The van der Waals surface area contributed by atoms with Gasteiger partial charge in [-0.05, 0) is 65.2 Å². The van der Waals surface area contributed by atoms with E-state index in [1.807, 2.05) is 13.8 Å². The summed E-state index contributed by atoms with van der Waals surface area (Å²) in [4.78, 5) is 25.7. The highest BCUT2D eigenvalue weighted by Gasteiger charge is 2.66. The average molecular weight is 485 g/mol. The van der Waals surface area contributed by atoms with Crippen molar-refractivity contribution in [3.63, 3.8) is 0 Å². The number of carbonyl (C=O) groups is 2. The molecule has 32 heavy (non-hydrogen) atoms. The summed E-state index contributed by atoms with van der Waals surface area (Å²) in [5.41, 5.74) is -2.67. The number of carbonyl (C=O) groups excluding carboxylic acids is 2. The standard InChI is InChI=1S/C21H31F3O7S/c1-5-18(2,3)16(25)31-19(4)13-6-12-7-14(19)10-20(8-12,9-13)17(26)30-15(21(22,23)24)11-32(27,28)29/h12-15H,5-11H2,1-4H3,(H,27,28,29). The summed E-state index contributed by atoms with van der Waals surface area (Å²) in [6.07, 6.45) is -5.29. The molecule has 7 nitrogen and oxygen atoms in total. The molecule has 0 saturated heterocycles. The molecule has 4 aliphatic carbocycles. The van der Waals surface area contributed by atoms with Crippen LogP contribution < -0.4 is 0 Å². The van der Waals surface area contributed by atoms with Gasteiger partial charge in [-0.15, -0.1) is 0 Å². The second-order valence-electron chi connectivity index (χ2n) is 10.6. The monoisotopic (exact) mass is 484 g/mol. The first kappa shape index (κ1) is 25.3.